The highest BCUT2D eigenvalue weighted by molar-refractivity contribution is 7.10. The van der Waals surface area contributed by atoms with Gasteiger partial charge in [0.15, 0.2) is 0 Å². The van der Waals surface area contributed by atoms with Crippen LogP contribution in [-0.4, -0.2) is 47.9 Å². The molecule has 0 radical (unpaired) electrons. The fourth-order valence-corrected chi connectivity index (χ4v) is 5.03. The molecule has 2 aromatic rings. The highest BCUT2D eigenvalue weighted by atomic mass is 35.5. The smallest absolute Gasteiger partial charge is 0.242 e. The summed E-state index contributed by atoms with van der Waals surface area (Å²) in [6.07, 6.45) is 4.34. The molecule has 1 saturated carbocycles. The summed E-state index contributed by atoms with van der Waals surface area (Å²) in [5.74, 6) is 0.818. The summed E-state index contributed by atoms with van der Waals surface area (Å²) >= 11 is 7.85. The third-order valence-corrected chi connectivity index (χ3v) is 7.29. The number of amides is 2. The van der Waals surface area contributed by atoms with Gasteiger partial charge in [0.2, 0.25) is 11.8 Å². The normalized spacial score (nSPS) is 17.7. The van der Waals surface area contributed by atoms with Crippen LogP contribution in [0.4, 0.5) is 0 Å². The average Bonchev–Trinajstić information content (AvgIpc) is 3.50. The van der Waals surface area contributed by atoms with Gasteiger partial charge in [-0.15, -0.1) is 17.9 Å². The summed E-state index contributed by atoms with van der Waals surface area (Å²) in [6, 6.07) is 7.48. The molecule has 1 aliphatic heterocycles. The van der Waals surface area contributed by atoms with Gasteiger partial charge in [0.1, 0.15) is 18.9 Å². The molecule has 1 atom stereocenters. The number of carbonyl (C=O) groups excluding carboxylic acids is 2. The first-order valence-corrected chi connectivity index (χ1v) is 11.9. The van der Waals surface area contributed by atoms with Crippen LogP contribution in [0.15, 0.2) is 42.3 Å². The number of hydrogen-bond acceptors (Lipinski definition) is 4. The molecular weight excluding hydrogens is 432 g/mol. The fraction of sp³-hybridized carbons (Fsp3) is 0.417. The lowest BCUT2D eigenvalue weighted by Crippen LogP contribution is -2.48. The van der Waals surface area contributed by atoms with E-state index in [2.05, 4.69) is 18.0 Å². The lowest BCUT2D eigenvalue weighted by Gasteiger charge is -2.37. The zero-order valence-electron chi connectivity index (χ0n) is 17.7. The van der Waals surface area contributed by atoms with Gasteiger partial charge in [-0.1, -0.05) is 17.7 Å². The van der Waals surface area contributed by atoms with Gasteiger partial charge in [-0.05, 0) is 67.0 Å². The number of fused-ring (bicyclic) bond motifs is 1. The first kappa shape index (κ1) is 21.9. The Balaban J connectivity index is 1.50. The molecule has 1 aromatic heterocycles. The number of halogens is 1. The van der Waals surface area contributed by atoms with Gasteiger partial charge in [0, 0.05) is 28.9 Å². The summed E-state index contributed by atoms with van der Waals surface area (Å²) in [7, 11) is 0. The first-order valence-electron chi connectivity index (χ1n) is 10.6. The Labute approximate surface area is 192 Å². The SMILES string of the molecule is C=CCN(CC(=O)N1CCc2sccc2[C@@H]1COc1ccc(Cl)c(C)c1)C(=O)C1CC1. The second-order valence-corrected chi connectivity index (χ2v) is 9.56. The van der Waals surface area contributed by atoms with E-state index in [4.69, 9.17) is 16.3 Å². The van der Waals surface area contributed by atoms with Gasteiger partial charge in [-0.3, -0.25) is 9.59 Å². The third kappa shape index (κ3) is 4.96. The van der Waals surface area contributed by atoms with Crippen molar-refractivity contribution in [1.29, 1.82) is 0 Å². The van der Waals surface area contributed by atoms with Crippen LogP contribution in [0.3, 0.4) is 0 Å². The largest absolute Gasteiger partial charge is 0.491 e. The van der Waals surface area contributed by atoms with E-state index in [0.717, 1.165) is 36.1 Å². The molecule has 0 spiro atoms. The molecule has 2 aliphatic rings. The van der Waals surface area contributed by atoms with Crippen molar-refractivity contribution in [2.75, 3.05) is 26.2 Å². The van der Waals surface area contributed by atoms with Crippen molar-refractivity contribution in [3.05, 3.63) is 63.3 Å². The van der Waals surface area contributed by atoms with Crippen LogP contribution in [0.5, 0.6) is 5.75 Å². The lowest BCUT2D eigenvalue weighted by molar-refractivity contribution is -0.142. The van der Waals surface area contributed by atoms with Crippen LogP contribution in [0.1, 0.15) is 34.9 Å². The predicted molar refractivity (Wildman–Crippen MR) is 124 cm³/mol. The van der Waals surface area contributed by atoms with Gasteiger partial charge in [-0.25, -0.2) is 0 Å². The highest BCUT2D eigenvalue weighted by Crippen LogP contribution is 2.35. The molecule has 7 heteroatoms. The summed E-state index contributed by atoms with van der Waals surface area (Å²) < 4.78 is 6.09. The molecule has 164 valence electrons. The van der Waals surface area contributed by atoms with Gasteiger partial charge >= 0.3 is 0 Å². The number of nitrogens with zero attached hydrogens (tertiary/aromatic N) is 2. The minimum atomic E-state index is -0.180. The Bertz CT molecular complexity index is 985. The predicted octanol–water partition coefficient (Wildman–Crippen LogP) is 4.64. The van der Waals surface area contributed by atoms with Crippen molar-refractivity contribution in [1.82, 2.24) is 9.80 Å². The zero-order valence-corrected chi connectivity index (χ0v) is 19.3. The van der Waals surface area contributed by atoms with Crippen molar-refractivity contribution in [3.8, 4) is 5.75 Å². The molecule has 31 heavy (non-hydrogen) atoms. The van der Waals surface area contributed by atoms with Crippen LogP contribution < -0.4 is 4.74 Å². The molecular formula is C24H27ClN2O3S. The molecule has 0 unspecified atom stereocenters. The second-order valence-electron chi connectivity index (χ2n) is 8.16. The summed E-state index contributed by atoms with van der Waals surface area (Å²) in [5.41, 5.74) is 2.09. The van der Waals surface area contributed by atoms with E-state index in [9.17, 15) is 9.59 Å². The molecule has 0 bridgehead atoms. The van der Waals surface area contributed by atoms with Crippen LogP contribution >= 0.6 is 22.9 Å². The van der Waals surface area contributed by atoms with E-state index in [1.54, 1.807) is 22.3 Å². The minimum absolute atomic E-state index is 0.0476. The van der Waals surface area contributed by atoms with Crippen molar-refractivity contribution < 1.29 is 14.3 Å². The van der Waals surface area contributed by atoms with Gasteiger partial charge in [0.05, 0.1) is 6.04 Å². The third-order valence-electron chi connectivity index (χ3n) is 5.87. The van der Waals surface area contributed by atoms with Crippen LogP contribution in [-0.2, 0) is 16.0 Å². The topological polar surface area (TPSA) is 49.9 Å². The van der Waals surface area contributed by atoms with Crippen LogP contribution in [0, 0.1) is 12.8 Å². The number of hydrogen-bond donors (Lipinski definition) is 0. The van der Waals surface area contributed by atoms with E-state index >= 15 is 0 Å². The monoisotopic (exact) mass is 458 g/mol. The maximum absolute atomic E-state index is 13.3. The Morgan fingerprint density at radius 2 is 2.16 bits per heavy atom. The molecule has 1 aromatic carbocycles. The van der Waals surface area contributed by atoms with E-state index in [1.807, 2.05) is 30.0 Å². The number of rotatable bonds is 8. The lowest BCUT2D eigenvalue weighted by atomic mass is 10.0. The van der Waals surface area contributed by atoms with E-state index in [-0.39, 0.29) is 30.3 Å². The van der Waals surface area contributed by atoms with Crippen molar-refractivity contribution in [2.45, 2.75) is 32.2 Å². The van der Waals surface area contributed by atoms with Gasteiger partial charge < -0.3 is 14.5 Å². The highest BCUT2D eigenvalue weighted by Gasteiger charge is 2.36. The Hall–Kier alpha value is -2.31. The minimum Gasteiger partial charge on any atom is -0.491 e. The van der Waals surface area contributed by atoms with E-state index < -0.39 is 0 Å². The molecule has 1 aliphatic carbocycles. The molecule has 1 fully saturated rings. The summed E-state index contributed by atoms with van der Waals surface area (Å²) in [6.45, 7) is 7.14. The number of carbonyl (C=O) groups is 2. The fourth-order valence-electron chi connectivity index (χ4n) is 3.99. The summed E-state index contributed by atoms with van der Waals surface area (Å²) in [5, 5.41) is 2.77. The second kappa shape index (κ2) is 9.45. The first-order chi connectivity index (χ1) is 15.0. The van der Waals surface area contributed by atoms with Crippen molar-refractivity contribution in [2.24, 2.45) is 5.92 Å². The van der Waals surface area contributed by atoms with Gasteiger partial charge in [0.25, 0.3) is 0 Å². The maximum Gasteiger partial charge on any atom is 0.242 e. The maximum atomic E-state index is 13.3. The van der Waals surface area contributed by atoms with Crippen molar-refractivity contribution >= 4 is 34.8 Å². The number of aryl methyl sites for hydroxylation is 1. The standard InChI is InChI=1S/C24H27ClN2O3S/c1-3-10-26(24(29)17-4-5-17)14-23(28)27-11-8-22-19(9-12-31-22)21(27)15-30-18-6-7-20(25)16(2)13-18/h3,6-7,9,12-13,17,21H,1,4-5,8,10-11,14-15H2,2H3/t21-/m0/s1. The Morgan fingerprint density at radius 3 is 2.87 bits per heavy atom. The van der Waals surface area contributed by atoms with Crippen LogP contribution in [0.25, 0.3) is 0 Å². The quantitative estimate of drug-likeness (QED) is 0.541. The molecule has 4 rings (SSSR count). The molecule has 2 heterocycles. The van der Waals surface area contributed by atoms with E-state index in [0.29, 0.717) is 24.7 Å². The molecule has 5 nitrogen and oxygen atoms in total. The zero-order chi connectivity index (χ0) is 22.0. The molecule has 2 amide bonds. The van der Waals surface area contributed by atoms with E-state index in [1.165, 1.54) is 4.88 Å². The number of benzene rings is 1. The molecule has 0 N–H and O–H groups in total. The summed E-state index contributed by atoms with van der Waals surface area (Å²) in [4.78, 5) is 30.7. The molecule has 0 saturated heterocycles. The number of ether oxygens (including phenoxy) is 1. The number of thiophene rings is 1. The van der Waals surface area contributed by atoms with Gasteiger partial charge in [-0.2, -0.15) is 0 Å². The average molecular weight is 459 g/mol. The Morgan fingerprint density at radius 1 is 1.35 bits per heavy atom. The van der Waals surface area contributed by atoms with Crippen molar-refractivity contribution in [3.63, 3.8) is 0 Å². The Kier molecular flexibility index (Phi) is 6.68. The van der Waals surface area contributed by atoms with Crippen LogP contribution in [0.2, 0.25) is 5.02 Å².